The zero-order valence-corrected chi connectivity index (χ0v) is 7.61. The summed E-state index contributed by atoms with van der Waals surface area (Å²) in [5.74, 6) is 0. The molecule has 1 heterocycles. The maximum Gasteiger partial charge on any atom is 0.156 e. The van der Waals surface area contributed by atoms with Crippen LogP contribution in [0.15, 0.2) is 22.1 Å². The predicted molar refractivity (Wildman–Crippen MR) is 46.3 cm³/mol. The Kier molecular flexibility index (Phi) is 2.37. The molecule has 44 valence electrons. The molecule has 1 rings (SSSR count). The topological polar surface area (TPSA) is 0 Å². The van der Waals surface area contributed by atoms with E-state index in [4.69, 9.17) is 0 Å². The minimum atomic E-state index is -0.470. The Morgan fingerprint density at radius 3 is 2.75 bits per heavy atom. The molecule has 1 aliphatic heterocycles. The summed E-state index contributed by atoms with van der Waals surface area (Å²) in [6.45, 7) is 0. The third-order valence-corrected chi connectivity index (χ3v) is 3.64. The summed E-state index contributed by atoms with van der Waals surface area (Å²) in [7, 11) is 0. The van der Waals surface area contributed by atoms with Crippen molar-refractivity contribution in [1.29, 1.82) is 0 Å². The van der Waals surface area contributed by atoms with Gasteiger partial charge in [-0.1, -0.05) is 6.08 Å². The highest BCUT2D eigenvalue weighted by Gasteiger charge is 1.93. The normalized spacial score (nSPS) is 18.8. The van der Waals surface area contributed by atoms with Crippen molar-refractivity contribution >= 4 is 39.1 Å². The third-order valence-electron chi connectivity index (χ3n) is 0.625. The lowest BCUT2D eigenvalue weighted by Crippen LogP contribution is -1.74. The average Bonchev–Trinajstić information content (AvgIpc) is 1.64. The fourth-order valence-electron chi connectivity index (χ4n) is 0.343. The van der Waals surface area contributed by atoms with Crippen LogP contribution in [0.3, 0.4) is 0 Å². The van der Waals surface area contributed by atoms with Gasteiger partial charge in [-0.15, -0.1) is 0 Å². The number of allylic oxidation sites excluding steroid dienone is 3. The maximum atomic E-state index is 12.2. The van der Waals surface area contributed by atoms with E-state index in [2.05, 4.69) is 15.9 Å². The first-order valence-electron chi connectivity index (χ1n) is 2.00. The van der Waals surface area contributed by atoms with Crippen LogP contribution in [-0.2, 0) is 0 Å². The van der Waals surface area contributed by atoms with Gasteiger partial charge in [0.05, 0.1) is 2.42 Å². The van der Waals surface area contributed by atoms with Gasteiger partial charge in [-0.3, -0.25) is 0 Å². The maximum absolute atomic E-state index is 12.2. The van der Waals surface area contributed by atoms with Gasteiger partial charge in [-0.05, 0) is 48.8 Å². The lowest BCUT2D eigenvalue weighted by Gasteiger charge is -1.91. The first-order chi connectivity index (χ1) is 3.79. The van der Waals surface area contributed by atoms with E-state index in [1.807, 2.05) is 6.08 Å². The molecule has 0 nitrogen and oxygen atoms in total. The van der Waals surface area contributed by atoms with E-state index in [-0.39, 0.29) is 3.83 Å². The summed E-state index contributed by atoms with van der Waals surface area (Å²) >= 11 is 2.76. The number of hydrogen-bond acceptors (Lipinski definition) is 0. The second-order valence-electron chi connectivity index (χ2n) is 1.20. The van der Waals surface area contributed by atoms with Gasteiger partial charge in [0, 0.05) is 0 Å². The Hall–Kier alpha value is 0.490. The molecule has 0 aromatic rings. The smallest absolute Gasteiger partial charge is 0.156 e. The van der Waals surface area contributed by atoms with Crippen molar-refractivity contribution in [2.75, 3.05) is 0 Å². The van der Waals surface area contributed by atoms with Gasteiger partial charge in [0.2, 0.25) is 0 Å². The van der Waals surface area contributed by atoms with E-state index in [1.165, 1.54) is 6.08 Å². The molecule has 0 N–H and O–H groups in total. The number of rotatable bonds is 0. The molecule has 0 unspecified atom stereocenters. The van der Waals surface area contributed by atoms with Gasteiger partial charge >= 0.3 is 0 Å². The van der Waals surface area contributed by atoms with Crippen molar-refractivity contribution in [3.63, 3.8) is 0 Å². The second kappa shape index (κ2) is 2.87. The van der Waals surface area contributed by atoms with Crippen LogP contribution in [0, 0.1) is 0 Å². The summed E-state index contributed by atoms with van der Waals surface area (Å²) < 4.78 is 13.3. The fraction of sp³-hybridized carbons (Fsp3) is 0. The Balaban J connectivity index is 2.89. The molecule has 0 aromatic carbocycles. The van der Waals surface area contributed by atoms with Gasteiger partial charge in [-0.2, -0.15) is 0 Å². The van der Waals surface area contributed by atoms with Crippen molar-refractivity contribution in [2.24, 2.45) is 0 Å². The van der Waals surface area contributed by atoms with Gasteiger partial charge in [0.25, 0.3) is 0 Å². The first-order valence-corrected chi connectivity index (χ1v) is 4.95. The molecule has 0 amide bonds. The molecule has 0 aromatic heterocycles. The molecule has 0 spiro atoms. The van der Waals surface area contributed by atoms with Crippen molar-refractivity contribution in [3.8, 4) is 0 Å². The number of halogens is 3. The first kappa shape index (κ1) is 6.61. The Labute approximate surface area is 65.3 Å². The fourth-order valence-corrected chi connectivity index (χ4v) is 2.72. The Morgan fingerprint density at radius 2 is 2.38 bits per heavy atom. The molecule has 8 heavy (non-hydrogen) atoms. The van der Waals surface area contributed by atoms with Crippen molar-refractivity contribution in [2.45, 2.75) is 0 Å². The van der Waals surface area contributed by atoms with Crippen LogP contribution in [0.1, 0.15) is 0 Å². The van der Waals surface area contributed by atoms with Crippen LogP contribution in [0.4, 0.5) is 4.39 Å². The van der Waals surface area contributed by atoms with E-state index >= 15 is 0 Å². The molecule has 1 aliphatic rings. The lowest BCUT2D eigenvalue weighted by atomic mass is 10.5. The van der Waals surface area contributed by atoms with Gasteiger partial charge < -0.3 is 0 Å². The van der Waals surface area contributed by atoms with Gasteiger partial charge in [0.15, 0.2) is 3.83 Å². The van der Waals surface area contributed by atoms with Crippen molar-refractivity contribution < 1.29 is 4.39 Å². The average molecular weight is 289 g/mol. The molecule has 3 heteroatoms. The van der Waals surface area contributed by atoms with Crippen LogP contribution >= 0.6 is 36.7 Å². The van der Waals surface area contributed by atoms with Crippen LogP contribution in [0.2, 0.25) is 0 Å². The minimum absolute atomic E-state index is 0.0261. The standard InChI is InChI=1S/C5H3BrFI/c6-4-2-1-3-5(7)8-4/h1-3H. The summed E-state index contributed by atoms with van der Waals surface area (Å²) in [5.41, 5.74) is 0. The molecule has 0 bridgehead atoms. The van der Waals surface area contributed by atoms with Crippen LogP contribution in [-0.4, -0.2) is 2.42 Å². The van der Waals surface area contributed by atoms with E-state index in [0.29, 0.717) is 0 Å². The highest BCUT2D eigenvalue weighted by atomic mass is 127. The molecule has 0 fully saturated rings. The van der Waals surface area contributed by atoms with Crippen LogP contribution in [0.25, 0.3) is 0 Å². The monoisotopic (exact) mass is 288 g/mol. The molecular formula is C5H3BrFI. The highest BCUT2D eigenvalue weighted by Crippen LogP contribution is 2.23. The van der Waals surface area contributed by atoms with E-state index < -0.39 is 20.7 Å². The van der Waals surface area contributed by atoms with Crippen molar-refractivity contribution in [1.82, 2.24) is 0 Å². The summed E-state index contributed by atoms with van der Waals surface area (Å²) in [6, 6.07) is 0. The number of hydrogen-bond donors (Lipinski definition) is 0. The third kappa shape index (κ3) is 1.78. The zero-order valence-electron chi connectivity index (χ0n) is 3.87. The molecule has 0 radical (unpaired) electrons. The zero-order chi connectivity index (χ0) is 5.98. The second-order valence-corrected chi connectivity index (χ2v) is 6.27. The minimum Gasteiger partial charge on any atom is -0.200 e. The summed E-state index contributed by atoms with van der Waals surface area (Å²) in [6.07, 6.45) is 5.11. The largest absolute Gasteiger partial charge is 0.200 e. The van der Waals surface area contributed by atoms with Crippen LogP contribution < -0.4 is 0 Å². The van der Waals surface area contributed by atoms with E-state index in [0.717, 1.165) is 2.42 Å². The van der Waals surface area contributed by atoms with E-state index in [1.54, 1.807) is 6.08 Å². The Morgan fingerprint density at radius 1 is 1.62 bits per heavy atom. The SMILES string of the molecule is FC1=CC=CC(Br)=I1. The molecule has 0 aliphatic carbocycles. The van der Waals surface area contributed by atoms with Crippen molar-refractivity contribution in [3.05, 3.63) is 22.1 Å². The van der Waals surface area contributed by atoms with Gasteiger partial charge in [0.1, 0.15) is 0 Å². The quantitative estimate of drug-likeness (QED) is 0.601. The summed E-state index contributed by atoms with van der Waals surface area (Å²) in [5, 5.41) is 0. The van der Waals surface area contributed by atoms with Crippen LogP contribution in [0.5, 0.6) is 0 Å². The van der Waals surface area contributed by atoms with E-state index in [9.17, 15) is 4.39 Å². The van der Waals surface area contributed by atoms with Gasteiger partial charge in [-0.25, -0.2) is 4.39 Å². The lowest BCUT2D eigenvalue weighted by molar-refractivity contribution is 0.711. The molecular weight excluding hydrogens is 286 g/mol. The highest BCUT2D eigenvalue weighted by molar-refractivity contribution is 14.2. The predicted octanol–water partition coefficient (Wildman–Crippen LogP) is 2.86. The molecule has 0 atom stereocenters. The molecule has 0 saturated carbocycles. The molecule has 0 saturated heterocycles. The Bertz CT molecular complexity index is 178. The summed E-state index contributed by atoms with van der Waals surface area (Å²) in [4.78, 5) is 0.